The molecule has 0 spiro atoms. The van der Waals surface area contributed by atoms with Crippen LogP contribution in [0.15, 0.2) is 30.3 Å². The Hall–Kier alpha value is -3.22. The Morgan fingerprint density at radius 1 is 1.13 bits per heavy atom. The highest BCUT2D eigenvalue weighted by atomic mass is 16.5. The van der Waals surface area contributed by atoms with Crippen molar-refractivity contribution in [1.82, 2.24) is 4.57 Å². The molecule has 1 fully saturated rings. The van der Waals surface area contributed by atoms with Crippen LogP contribution < -0.4 is 14.8 Å². The molecule has 1 aromatic carbocycles. The first-order chi connectivity index (χ1) is 14.3. The van der Waals surface area contributed by atoms with E-state index < -0.39 is 18.0 Å². The molecule has 0 saturated heterocycles. The van der Waals surface area contributed by atoms with Crippen LogP contribution in [0, 0.1) is 13.8 Å². The van der Waals surface area contributed by atoms with Crippen molar-refractivity contribution in [3.63, 3.8) is 0 Å². The number of esters is 1. The first-order valence-electron chi connectivity index (χ1n) is 9.94. The van der Waals surface area contributed by atoms with Gasteiger partial charge in [0, 0.05) is 35.3 Å². The predicted molar refractivity (Wildman–Crippen MR) is 115 cm³/mol. The Kier molecular flexibility index (Phi) is 6.50. The molecule has 160 valence electrons. The molecule has 0 radical (unpaired) electrons. The first-order valence-corrected chi connectivity index (χ1v) is 9.94. The molecule has 1 amide bonds. The van der Waals surface area contributed by atoms with Crippen LogP contribution >= 0.6 is 0 Å². The average molecular weight is 412 g/mol. The number of nitrogens with one attached hydrogen (secondary N) is 1. The Balaban J connectivity index is 1.58. The monoisotopic (exact) mass is 412 g/mol. The minimum Gasteiger partial charge on any atom is -0.493 e. The number of benzene rings is 1. The fourth-order valence-corrected chi connectivity index (χ4v) is 3.45. The Morgan fingerprint density at radius 3 is 2.47 bits per heavy atom. The van der Waals surface area contributed by atoms with Gasteiger partial charge in [-0.25, -0.2) is 4.79 Å². The van der Waals surface area contributed by atoms with Gasteiger partial charge in [-0.2, -0.15) is 0 Å². The van der Waals surface area contributed by atoms with Crippen LogP contribution in [0.4, 0.5) is 5.69 Å². The minimum absolute atomic E-state index is 0.434. The summed E-state index contributed by atoms with van der Waals surface area (Å²) in [7, 11) is 3.05. The molecule has 2 aromatic rings. The van der Waals surface area contributed by atoms with Gasteiger partial charge in [0.1, 0.15) is 0 Å². The number of anilines is 1. The molecule has 3 rings (SSSR count). The summed E-state index contributed by atoms with van der Waals surface area (Å²) >= 11 is 0. The van der Waals surface area contributed by atoms with Gasteiger partial charge in [-0.15, -0.1) is 0 Å². The van der Waals surface area contributed by atoms with E-state index in [0.29, 0.717) is 23.2 Å². The maximum atomic E-state index is 12.4. The van der Waals surface area contributed by atoms with E-state index in [9.17, 15) is 9.59 Å². The van der Waals surface area contributed by atoms with E-state index in [-0.39, 0.29) is 0 Å². The fraction of sp³-hybridized carbons (Fsp3) is 0.391. The molecule has 0 unspecified atom stereocenters. The van der Waals surface area contributed by atoms with Crippen molar-refractivity contribution in [3.8, 4) is 11.5 Å². The maximum absolute atomic E-state index is 12.4. The fourth-order valence-electron chi connectivity index (χ4n) is 3.45. The van der Waals surface area contributed by atoms with E-state index >= 15 is 0 Å². The minimum atomic E-state index is -0.950. The first kappa shape index (κ1) is 21.5. The van der Waals surface area contributed by atoms with Crippen molar-refractivity contribution in [3.05, 3.63) is 47.3 Å². The van der Waals surface area contributed by atoms with Crippen molar-refractivity contribution in [2.24, 2.45) is 0 Å². The zero-order chi connectivity index (χ0) is 21.8. The van der Waals surface area contributed by atoms with Crippen LogP contribution in [-0.4, -0.2) is 36.8 Å². The summed E-state index contributed by atoms with van der Waals surface area (Å²) in [5, 5.41) is 2.71. The number of carbonyl (C=O) groups excluding carboxylic acids is 2. The predicted octanol–water partition coefficient (Wildman–Crippen LogP) is 4.04. The van der Waals surface area contributed by atoms with Crippen LogP contribution in [0.1, 0.15) is 42.8 Å². The van der Waals surface area contributed by atoms with Gasteiger partial charge in [0.2, 0.25) is 0 Å². The molecule has 0 aliphatic heterocycles. The number of hydrogen-bond donors (Lipinski definition) is 1. The number of hydrogen-bond acceptors (Lipinski definition) is 5. The molecule has 0 bridgehead atoms. The maximum Gasteiger partial charge on any atom is 0.331 e. The van der Waals surface area contributed by atoms with Gasteiger partial charge < -0.3 is 24.1 Å². The van der Waals surface area contributed by atoms with Gasteiger partial charge in [-0.3, -0.25) is 4.79 Å². The highest BCUT2D eigenvalue weighted by Crippen LogP contribution is 2.38. The summed E-state index contributed by atoms with van der Waals surface area (Å²) in [6.45, 7) is 5.65. The van der Waals surface area contributed by atoms with Crippen molar-refractivity contribution >= 4 is 23.6 Å². The van der Waals surface area contributed by atoms with Crippen LogP contribution in [0.2, 0.25) is 0 Å². The van der Waals surface area contributed by atoms with Gasteiger partial charge in [0.15, 0.2) is 17.6 Å². The van der Waals surface area contributed by atoms with E-state index in [4.69, 9.17) is 14.2 Å². The summed E-state index contributed by atoms with van der Waals surface area (Å²) in [4.78, 5) is 24.6. The number of ether oxygens (including phenoxy) is 3. The summed E-state index contributed by atoms with van der Waals surface area (Å²) < 4.78 is 18.0. The third-order valence-corrected chi connectivity index (χ3v) is 5.15. The second-order valence-corrected chi connectivity index (χ2v) is 7.40. The lowest BCUT2D eigenvalue weighted by molar-refractivity contribution is -0.148. The molecule has 1 aliphatic rings. The smallest absolute Gasteiger partial charge is 0.331 e. The number of aryl methyl sites for hydroxylation is 1. The van der Waals surface area contributed by atoms with Crippen LogP contribution in [0.25, 0.3) is 6.08 Å². The molecule has 1 aromatic heterocycles. The number of aromatic nitrogens is 1. The van der Waals surface area contributed by atoms with Gasteiger partial charge in [-0.05, 0) is 63.5 Å². The zero-order valence-electron chi connectivity index (χ0n) is 18.0. The highest BCUT2D eigenvalue weighted by molar-refractivity contribution is 5.96. The number of carbonyl (C=O) groups is 2. The normalized spacial score (nSPS) is 14.4. The quantitative estimate of drug-likeness (QED) is 0.523. The van der Waals surface area contributed by atoms with E-state index in [2.05, 4.69) is 29.8 Å². The van der Waals surface area contributed by atoms with Gasteiger partial charge in [0.05, 0.1) is 14.2 Å². The average Bonchev–Trinajstić information content (AvgIpc) is 3.51. The molecular weight excluding hydrogens is 384 g/mol. The molecule has 7 nitrogen and oxygen atoms in total. The second kappa shape index (κ2) is 9.07. The number of amides is 1. The Morgan fingerprint density at radius 2 is 1.83 bits per heavy atom. The van der Waals surface area contributed by atoms with Gasteiger partial charge in [-0.1, -0.05) is 0 Å². The van der Waals surface area contributed by atoms with Crippen molar-refractivity contribution in [1.29, 1.82) is 0 Å². The number of methoxy groups -OCH3 is 2. The SMILES string of the molecule is COc1ccc(NC(=O)[C@@H](C)OC(=O)/C=C/c2cc(C)n(C3CC3)c2C)cc1OC. The summed E-state index contributed by atoms with van der Waals surface area (Å²) in [5.41, 5.74) is 3.83. The second-order valence-electron chi connectivity index (χ2n) is 7.40. The molecule has 1 N–H and O–H groups in total. The Labute approximate surface area is 176 Å². The van der Waals surface area contributed by atoms with Crippen molar-refractivity contribution in [2.75, 3.05) is 19.5 Å². The third-order valence-electron chi connectivity index (χ3n) is 5.15. The zero-order valence-corrected chi connectivity index (χ0v) is 18.0. The van der Waals surface area contributed by atoms with E-state index in [0.717, 1.165) is 11.3 Å². The number of rotatable bonds is 8. The molecule has 1 saturated carbocycles. The van der Waals surface area contributed by atoms with E-state index in [1.165, 1.54) is 45.8 Å². The molecular formula is C23H28N2O5. The topological polar surface area (TPSA) is 78.8 Å². The standard InChI is InChI=1S/C23H28N2O5/c1-14-12-17(15(2)25(14)19-8-9-19)6-11-22(26)30-16(3)23(27)24-18-7-10-20(28-4)21(13-18)29-5/h6-7,10-13,16,19H,8-9H2,1-5H3,(H,24,27)/b11-6+/t16-/m1/s1. The van der Waals surface area contributed by atoms with Crippen LogP contribution in [0.5, 0.6) is 11.5 Å². The summed E-state index contributed by atoms with van der Waals surface area (Å²) in [5.74, 6) is 0.0462. The van der Waals surface area contributed by atoms with E-state index in [1.807, 2.05) is 0 Å². The molecule has 1 atom stereocenters. The third kappa shape index (κ3) is 4.84. The van der Waals surface area contributed by atoms with Crippen molar-refractivity contribution in [2.45, 2.75) is 45.8 Å². The molecule has 30 heavy (non-hydrogen) atoms. The summed E-state index contributed by atoms with van der Waals surface area (Å²) in [6, 6.07) is 7.65. The van der Waals surface area contributed by atoms with E-state index in [1.54, 1.807) is 24.3 Å². The molecule has 1 heterocycles. The lowest BCUT2D eigenvalue weighted by Gasteiger charge is -2.14. The summed E-state index contributed by atoms with van der Waals surface area (Å²) in [6.07, 6.45) is 4.55. The van der Waals surface area contributed by atoms with Gasteiger partial charge >= 0.3 is 5.97 Å². The van der Waals surface area contributed by atoms with Gasteiger partial charge in [0.25, 0.3) is 5.91 Å². The lowest BCUT2D eigenvalue weighted by Crippen LogP contribution is -2.29. The Bertz CT molecular complexity index is 972. The number of nitrogens with zero attached hydrogens (tertiary/aromatic N) is 1. The lowest BCUT2D eigenvalue weighted by atomic mass is 10.2. The van der Waals surface area contributed by atoms with Crippen LogP contribution in [-0.2, 0) is 14.3 Å². The molecule has 1 aliphatic carbocycles. The highest BCUT2D eigenvalue weighted by Gasteiger charge is 2.26. The largest absolute Gasteiger partial charge is 0.493 e. The molecule has 7 heteroatoms. The van der Waals surface area contributed by atoms with Crippen molar-refractivity contribution < 1.29 is 23.8 Å². The van der Waals surface area contributed by atoms with Crippen LogP contribution in [0.3, 0.4) is 0 Å².